The summed E-state index contributed by atoms with van der Waals surface area (Å²) in [6.45, 7) is 11.4. The van der Waals surface area contributed by atoms with E-state index in [9.17, 15) is 24.3 Å². The number of aliphatic hydroxyl groups is 1. The van der Waals surface area contributed by atoms with Gasteiger partial charge in [0, 0.05) is 37.5 Å². The molecule has 1 aromatic carbocycles. The number of β-amino-alcohol motifs (C(OH)–C–C–N with tert-alkyl or cyclic N) is 1. The maximum atomic E-state index is 14.4. The highest BCUT2D eigenvalue weighted by Crippen LogP contribution is 2.60. The number of nitrogens with zero attached hydrogens (tertiary/aromatic N) is 2. The molecule has 3 saturated heterocycles. The van der Waals surface area contributed by atoms with E-state index in [4.69, 9.17) is 14.2 Å². The van der Waals surface area contributed by atoms with Gasteiger partial charge in [-0.1, -0.05) is 71.8 Å². The van der Waals surface area contributed by atoms with Crippen LogP contribution in [0, 0.1) is 11.8 Å². The highest BCUT2D eigenvalue weighted by Gasteiger charge is 2.77. The fourth-order valence-corrected chi connectivity index (χ4v) is 8.45. The third kappa shape index (κ3) is 7.35. The van der Waals surface area contributed by atoms with Gasteiger partial charge >= 0.3 is 5.97 Å². The molecular formula is C35H48BrN3O8. The number of benzene rings is 1. The molecule has 12 heteroatoms. The Morgan fingerprint density at radius 2 is 1.98 bits per heavy atom. The summed E-state index contributed by atoms with van der Waals surface area (Å²) in [5.74, 6) is -3.68. The monoisotopic (exact) mass is 717 g/mol. The van der Waals surface area contributed by atoms with E-state index in [1.165, 1.54) is 12.0 Å². The van der Waals surface area contributed by atoms with Crippen LogP contribution in [0.1, 0.15) is 57.6 Å². The molecule has 258 valence electrons. The molecular weight excluding hydrogens is 670 g/mol. The van der Waals surface area contributed by atoms with Gasteiger partial charge in [0.1, 0.15) is 17.7 Å². The number of alkyl halides is 1. The number of amides is 3. The summed E-state index contributed by atoms with van der Waals surface area (Å²) in [4.78, 5) is 58.6. The summed E-state index contributed by atoms with van der Waals surface area (Å²) >= 11 is 3.70. The molecule has 1 spiro atoms. The smallest absolute Gasteiger partial charge is 0.313 e. The zero-order valence-electron chi connectivity index (χ0n) is 27.5. The Hall–Kier alpha value is -3.06. The average Bonchev–Trinajstić information content (AvgIpc) is 3.64. The molecule has 0 radical (unpaired) electrons. The number of fused-ring (bicyclic) bond motifs is 1. The molecule has 4 rings (SSSR count). The van der Waals surface area contributed by atoms with Crippen LogP contribution >= 0.6 is 15.9 Å². The molecule has 11 nitrogen and oxygen atoms in total. The van der Waals surface area contributed by atoms with Crippen molar-refractivity contribution in [2.45, 2.75) is 86.7 Å². The maximum absolute atomic E-state index is 14.4. The highest BCUT2D eigenvalue weighted by atomic mass is 79.9. The van der Waals surface area contributed by atoms with Crippen LogP contribution in [0.2, 0.25) is 0 Å². The van der Waals surface area contributed by atoms with E-state index in [0.29, 0.717) is 18.4 Å². The number of hydrogen-bond donors (Lipinski definition) is 2. The van der Waals surface area contributed by atoms with E-state index in [1.54, 1.807) is 29.2 Å². The number of carbonyl (C=O) groups excluding carboxylic acids is 4. The molecule has 2 bridgehead atoms. The second kappa shape index (κ2) is 16.4. The summed E-state index contributed by atoms with van der Waals surface area (Å²) in [6, 6.07) is 7.15. The molecule has 3 aliphatic heterocycles. The number of allylic oxidation sites excluding steroid dienone is 1. The normalized spacial score (nSPS) is 27.9. The van der Waals surface area contributed by atoms with E-state index in [1.807, 2.05) is 32.0 Å². The van der Waals surface area contributed by atoms with Gasteiger partial charge in [0.25, 0.3) is 0 Å². The van der Waals surface area contributed by atoms with Crippen molar-refractivity contribution >= 4 is 39.6 Å². The quantitative estimate of drug-likeness (QED) is 0.134. The van der Waals surface area contributed by atoms with Crippen LogP contribution in [0.3, 0.4) is 0 Å². The number of nitrogens with one attached hydrogen (secondary N) is 1. The predicted octanol–water partition coefficient (Wildman–Crippen LogP) is 3.31. The van der Waals surface area contributed by atoms with E-state index in [-0.39, 0.29) is 55.4 Å². The van der Waals surface area contributed by atoms with Gasteiger partial charge in [0.05, 0.1) is 37.2 Å². The number of methoxy groups -OCH3 is 1. The molecule has 3 fully saturated rings. The first-order valence-electron chi connectivity index (χ1n) is 16.4. The minimum atomic E-state index is -1.30. The van der Waals surface area contributed by atoms with E-state index < -0.39 is 53.6 Å². The van der Waals surface area contributed by atoms with Crippen LogP contribution in [0.25, 0.3) is 0 Å². The summed E-state index contributed by atoms with van der Waals surface area (Å²) in [7, 11) is 1.50. The predicted molar refractivity (Wildman–Crippen MR) is 179 cm³/mol. The SMILES string of the molecule is C=CCCC(=O)N[C@H](COC)[C@H](OC(=O)[C@@H]1[C@H]2O[C@@]3(CC2Br)[C@H](C(=O)N(CC=C)C(C)CCC)N(CCO)C(=O)[C@@H]13)c1ccccc1. The van der Waals surface area contributed by atoms with Crippen molar-refractivity contribution in [3.8, 4) is 0 Å². The molecule has 47 heavy (non-hydrogen) atoms. The first kappa shape index (κ1) is 36.8. The lowest BCUT2D eigenvalue weighted by molar-refractivity contribution is -0.163. The molecule has 0 aromatic heterocycles. The number of aliphatic hydroxyl groups excluding tert-OH is 1. The van der Waals surface area contributed by atoms with Gasteiger partial charge in [-0.05, 0) is 31.7 Å². The largest absolute Gasteiger partial charge is 0.455 e. The molecule has 0 aliphatic carbocycles. The second-order valence-corrected chi connectivity index (χ2v) is 13.7. The topological polar surface area (TPSA) is 135 Å². The first-order chi connectivity index (χ1) is 22.6. The lowest BCUT2D eigenvalue weighted by atomic mass is 9.70. The molecule has 9 atom stereocenters. The Kier molecular flexibility index (Phi) is 12.8. The zero-order chi connectivity index (χ0) is 34.3. The maximum Gasteiger partial charge on any atom is 0.313 e. The Labute approximate surface area is 285 Å². The third-order valence-electron chi connectivity index (χ3n) is 9.49. The second-order valence-electron chi connectivity index (χ2n) is 12.6. The van der Waals surface area contributed by atoms with Crippen LogP contribution < -0.4 is 5.32 Å². The van der Waals surface area contributed by atoms with Crippen LogP contribution in [0.15, 0.2) is 55.6 Å². The number of hydrogen-bond acceptors (Lipinski definition) is 8. The summed E-state index contributed by atoms with van der Waals surface area (Å²) in [6.07, 6.45) is 4.26. The van der Waals surface area contributed by atoms with Crippen molar-refractivity contribution in [3.63, 3.8) is 0 Å². The first-order valence-corrected chi connectivity index (χ1v) is 17.3. The Bertz CT molecular complexity index is 1300. The number of esters is 1. The van der Waals surface area contributed by atoms with Crippen molar-refractivity contribution in [2.75, 3.05) is 33.4 Å². The number of ether oxygens (including phenoxy) is 3. The van der Waals surface area contributed by atoms with Crippen molar-refractivity contribution in [1.29, 1.82) is 0 Å². The number of halogens is 1. The van der Waals surface area contributed by atoms with Crippen LogP contribution in [0.5, 0.6) is 0 Å². The van der Waals surface area contributed by atoms with Crippen LogP contribution in [0.4, 0.5) is 0 Å². The summed E-state index contributed by atoms with van der Waals surface area (Å²) in [5, 5.41) is 12.9. The van der Waals surface area contributed by atoms with E-state index in [0.717, 1.165) is 12.8 Å². The molecule has 0 saturated carbocycles. The van der Waals surface area contributed by atoms with Gasteiger partial charge in [0.15, 0.2) is 0 Å². The van der Waals surface area contributed by atoms with Gasteiger partial charge < -0.3 is 34.4 Å². The molecule has 3 aliphatic rings. The Morgan fingerprint density at radius 1 is 1.26 bits per heavy atom. The van der Waals surface area contributed by atoms with E-state index >= 15 is 0 Å². The van der Waals surface area contributed by atoms with E-state index in [2.05, 4.69) is 34.4 Å². The fraction of sp³-hybridized carbons (Fsp3) is 0.600. The fourth-order valence-electron chi connectivity index (χ4n) is 7.51. The van der Waals surface area contributed by atoms with Crippen LogP contribution in [-0.2, 0) is 33.4 Å². The standard InChI is InChI=1S/C35H48BrN3O8/c1-6-9-16-26(41)37-25(21-45-5)29(23-14-11-10-12-15-23)46-34(44)27-28-32(42)39(18-19-40)31(35(28)20-24(36)30(27)47-35)33(43)38(17-8-3)22(4)13-7-2/h6,8,10-12,14-15,22,24-25,27-31,40H,1,3,7,9,13,16-21H2,2,4-5H3,(H,37,41)/t22?,24?,25-,27+,28-,29-,30+,31+,35-/m1/s1. The van der Waals surface area contributed by atoms with Crippen molar-refractivity contribution in [3.05, 3.63) is 61.2 Å². The van der Waals surface area contributed by atoms with Crippen LogP contribution in [-0.4, -0.2) is 107 Å². The summed E-state index contributed by atoms with van der Waals surface area (Å²) in [5.41, 5.74) is -0.664. The van der Waals surface area contributed by atoms with Gasteiger partial charge in [0.2, 0.25) is 17.7 Å². The number of likely N-dealkylation sites (tertiary alicyclic amines) is 1. The molecule has 3 heterocycles. The third-order valence-corrected chi connectivity index (χ3v) is 10.3. The number of rotatable bonds is 18. The van der Waals surface area contributed by atoms with Crippen molar-refractivity contribution < 1.29 is 38.5 Å². The highest BCUT2D eigenvalue weighted by molar-refractivity contribution is 9.09. The van der Waals surface area contributed by atoms with Crippen molar-refractivity contribution in [1.82, 2.24) is 15.1 Å². The molecule has 2 unspecified atom stereocenters. The van der Waals surface area contributed by atoms with Gasteiger partial charge in [-0.2, -0.15) is 0 Å². The Morgan fingerprint density at radius 3 is 2.60 bits per heavy atom. The van der Waals surface area contributed by atoms with Gasteiger partial charge in [-0.25, -0.2) is 0 Å². The Balaban J connectivity index is 1.71. The summed E-state index contributed by atoms with van der Waals surface area (Å²) < 4.78 is 18.3. The zero-order valence-corrected chi connectivity index (χ0v) is 29.1. The number of carbonyl (C=O) groups is 4. The van der Waals surface area contributed by atoms with Crippen molar-refractivity contribution in [2.24, 2.45) is 11.8 Å². The lowest BCUT2D eigenvalue weighted by Crippen LogP contribution is -2.58. The molecule has 1 aromatic rings. The molecule has 2 N–H and O–H groups in total. The van der Waals surface area contributed by atoms with Gasteiger partial charge in [-0.15, -0.1) is 13.2 Å². The molecule has 3 amide bonds. The average molecular weight is 719 g/mol. The minimum Gasteiger partial charge on any atom is -0.455 e. The van der Waals surface area contributed by atoms with Gasteiger partial charge in [-0.3, -0.25) is 19.2 Å². The minimum absolute atomic E-state index is 0.0561. The lowest BCUT2D eigenvalue weighted by Gasteiger charge is -2.39.